The average molecular weight is 266 g/mol. The van der Waals surface area contributed by atoms with E-state index in [1.165, 1.54) is 37.5 Å². The van der Waals surface area contributed by atoms with Gasteiger partial charge in [0.2, 0.25) is 0 Å². The third kappa shape index (κ3) is 2.84. The molecule has 2 aliphatic heterocycles. The van der Waals surface area contributed by atoms with Crippen LogP contribution in [0.3, 0.4) is 0 Å². The van der Waals surface area contributed by atoms with Crippen LogP contribution in [0.2, 0.25) is 0 Å². The molecule has 1 aromatic rings. The number of hydrogen-bond donors (Lipinski definition) is 1. The zero-order chi connectivity index (χ0) is 12.4. The number of hydrogen-bond acceptors (Lipinski definition) is 5. The summed E-state index contributed by atoms with van der Waals surface area (Å²) in [5.74, 6) is 0. The van der Waals surface area contributed by atoms with Crippen LogP contribution in [0.15, 0.2) is 11.6 Å². The van der Waals surface area contributed by atoms with Crippen molar-refractivity contribution in [1.82, 2.24) is 15.2 Å². The summed E-state index contributed by atoms with van der Waals surface area (Å²) in [6, 6.07) is 1.38. The summed E-state index contributed by atoms with van der Waals surface area (Å²) in [5, 5.41) is 7.08. The van der Waals surface area contributed by atoms with Gasteiger partial charge in [-0.25, -0.2) is 4.98 Å². The van der Waals surface area contributed by atoms with E-state index >= 15 is 0 Å². The second kappa shape index (κ2) is 5.55. The van der Waals surface area contributed by atoms with Crippen LogP contribution < -0.4 is 10.2 Å². The van der Waals surface area contributed by atoms with Crippen LogP contribution >= 0.6 is 11.3 Å². The third-order valence-corrected chi connectivity index (χ3v) is 4.90. The van der Waals surface area contributed by atoms with Crippen molar-refractivity contribution in [3.05, 3.63) is 11.6 Å². The summed E-state index contributed by atoms with van der Waals surface area (Å²) in [4.78, 5) is 9.24. The van der Waals surface area contributed by atoms with Crippen molar-refractivity contribution in [1.29, 1.82) is 0 Å². The van der Waals surface area contributed by atoms with Crippen molar-refractivity contribution in [3.63, 3.8) is 0 Å². The second-order valence-electron chi connectivity index (χ2n) is 5.49. The molecule has 3 rings (SSSR count). The summed E-state index contributed by atoms with van der Waals surface area (Å²) < 4.78 is 0. The lowest BCUT2D eigenvalue weighted by atomic mass is 10.0. The second-order valence-corrected chi connectivity index (χ2v) is 6.36. The van der Waals surface area contributed by atoms with Gasteiger partial charge in [-0.1, -0.05) is 0 Å². The maximum atomic E-state index is 4.40. The summed E-state index contributed by atoms with van der Waals surface area (Å²) in [7, 11) is 2.22. The minimum atomic E-state index is 0.655. The molecule has 0 spiro atoms. The summed E-state index contributed by atoms with van der Waals surface area (Å²) in [6.45, 7) is 4.75. The highest BCUT2D eigenvalue weighted by molar-refractivity contribution is 7.13. The topological polar surface area (TPSA) is 31.4 Å². The van der Waals surface area contributed by atoms with E-state index in [1.54, 1.807) is 11.3 Å². The first kappa shape index (κ1) is 12.4. The minimum absolute atomic E-state index is 0.655. The monoisotopic (exact) mass is 266 g/mol. The molecule has 0 aliphatic carbocycles. The molecule has 18 heavy (non-hydrogen) atoms. The predicted molar refractivity (Wildman–Crippen MR) is 76.4 cm³/mol. The number of nitrogens with one attached hydrogen (secondary N) is 1. The number of rotatable bonds is 3. The van der Waals surface area contributed by atoms with Gasteiger partial charge in [0, 0.05) is 36.8 Å². The lowest BCUT2D eigenvalue weighted by molar-refractivity contribution is 0.226. The summed E-state index contributed by atoms with van der Waals surface area (Å²) in [6.07, 6.45) is 5.75. The molecule has 0 saturated carbocycles. The molecule has 1 unspecified atom stereocenters. The first-order valence-corrected chi connectivity index (χ1v) is 7.78. The molecule has 100 valence electrons. The molecular weight excluding hydrogens is 244 g/mol. The van der Waals surface area contributed by atoms with E-state index in [9.17, 15) is 0 Å². The molecule has 1 N–H and O–H groups in total. The molecule has 0 amide bonds. The van der Waals surface area contributed by atoms with E-state index in [0.29, 0.717) is 6.04 Å². The Kier molecular flexibility index (Phi) is 3.82. The number of thiazole rings is 1. The van der Waals surface area contributed by atoms with Crippen LogP contribution in [-0.4, -0.2) is 55.2 Å². The van der Waals surface area contributed by atoms with E-state index < -0.39 is 0 Å². The molecule has 2 aliphatic rings. The van der Waals surface area contributed by atoms with E-state index in [2.05, 4.69) is 32.5 Å². The van der Waals surface area contributed by atoms with Gasteiger partial charge in [-0.2, -0.15) is 0 Å². The van der Waals surface area contributed by atoms with E-state index in [0.717, 1.165) is 19.1 Å². The molecule has 0 aromatic carbocycles. The van der Waals surface area contributed by atoms with Gasteiger partial charge in [-0.05, 0) is 39.4 Å². The van der Waals surface area contributed by atoms with Gasteiger partial charge < -0.3 is 15.1 Å². The van der Waals surface area contributed by atoms with Crippen molar-refractivity contribution in [2.24, 2.45) is 0 Å². The first-order chi connectivity index (χ1) is 8.81. The van der Waals surface area contributed by atoms with Gasteiger partial charge in [0.05, 0.1) is 0 Å². The number of likely N-dealkylation sites (tertiary alicyclic amines) is 1. The Morgan fingerprint density at radius 3 is 2.72 bits per heavy atom. The lowest BCUT2D eigenvalue weighted by Crippen LogP contribution is -2.46. The molecule has 1 atom stereocenters. The number of piperidine rings is 1. The Labute approximate surface area is 113 Å². The van der Waals surface area contributed by atoms with Crippen LogP contribution in [-0.2, 0) is 0 Å². The van der Waals surface area contributed by atoms with Crippen molar-refractivity contribution < 1.29 is 0 Å². The number of aromatic nitrogens is 1. The highest BCUT2D eigenvalue weighted by atomic mass is 32.1. The van der Waals surface area contributed by atoms with Crippen molar-refractivity contribution in [2.45, 2.75) is 31.3 Å². The van der Waals surface area contributed by atoms with Gasteiger partial charge >= 0.3 is 0 Å². The molecule has 5 heteroatoms. The molecule has 4 nitrogen and oxygen atoms in total. The first-order valence-electron chi connectivity index (χ1n) is 6.90. The molecule has 0 radical (unpaired) electrons. The van der Waals surface area contributed by atoms with Gasteiger partial charge in [-0.3, -0.25) is 0 Å². The molecular formula is C13H22N4S. The van der Waals surface area contributed by atoms with E-state index in [4.69, 9.17) is 0 Å². The Morgan fingerprint density at radius 1 is 1.22 bits per heavy atom. The van der Waals surface area contributed by atoms with Gasteiger partial charge in [0.1, 0.15) is 0 Å². The zero-order valence-corrected chi connectivity index (χ0v) is 11.8. The highest BCUT2D eigenvalue weighted by Crippen LogP contribution is 2.23. The standard InChI is InChI=1S/C13H22N4S/c1-16-6-2-11(3-7-16)15-12-4-8-17(10-12)13-14-5-9-18-13/h5,9,11-12,15H,2-4,6-8,10H2,1H3. The Balaban J connectivity index is 1.48. The Morgan fingerprint density at radius 2 is 2.00 bits per heavy atom. The SMILES string of the molecule is CN1CCC(NC2CCN(c3nccs3)C2)CC1. The normalized spacial score (nSPS) is 26.9. The molecule has 2 fully saturated rings. The third-order valence-electron chi connectivity index (χ3n) is 4.07. The average Bonchev–Trinajstić information content (AvgIpc) is 3.02. The fourth-order valence-electron chi connectivity index (χ4n) is 2.95. The van der Waals surface area contributed by atoms with Crippen molar-refractivity contribution in [3.8, 4) is 0 Å². The molecule has 0 bridgehead atoms. The molecule has 3 heterocycles. The predicted octanol–water partition coefficient (Wildman–Crippen LogP) is 1.41. The Bertz CT molecular complexity index is 359. The van der Waals surface area contributed by atoms with Gasteiger partial charge in [0.25, 0.3) is 0 Å². The quantitative estimate of drug-likeness (QED) is 0.896. The molecule has 1 aromatic heterocycles. The van der Waals surface area contributed by atoms with Crippen molar-refractivity contribution in [2.75, 3.05) is 38.1 Å². The maximum absolute atomic E-state index is 4.40. The van der Waals surface area contributed by atoms with Gasteiger partial charge in [0.15, 0.2) is 5.13 Å². The van der Waals surface area contributed by atoms with Crippen LogP contribution in [0, 0.1) is 0 Å². The largest absolute Gasteiger partial charge is 0.346 e. The van der Waals surface area contributed by atoms with E-state index in [-0.39, 0.29) is 0 Å². The van der Waals surface area contributed by atoms with Crippen LogP contribution in [0.4, 0.5) is 5.13 Å². The minimum Gasteiger partial charge on any atom is -0.346 e. The fraction of sp³-hybridized carbons (Fsp3) is 0.769. The fourth-order valence-corrected chi connectivity index (χ4v) is 3.63. The summed E-state index contributed by atoms with van der Waals surface area (Å²) in [5.41, 5.74) is 0. The van der Waals surface area contributed by atoms with Crippen LogP contribution in [0.25, 0.3) is 0 Å². The summed E-state index contributed by atoms with van der Waals surface area (Å²) >= 11 is 1.75. The van der Waals surface area contributed by atoms with Crippen molar-refractivity contribution >= 4 is 16.5 Å². The van der Waals surface area contributed by atoms with Crippen LogP contribution in [0.1, 0.15) is 19.3 Å². The molecule has 2 saturated heterocycles. The zero-order valence-electron chi connectivity index (χ0n) is 11.0. The number of anilines is 1. The van der Waals surface area contributed by atoms with Gasteiger partial charge in [-0.15, -0.1) is 11.3 Å². The maximum Gasteiger partial charge on any atom is 0.185 e. The highest BCUT2D eigenvalue weighted by Gasteiger charge is 2.27. The van der Waals surface area contributed by atoms with Crippen LogP contribution in [0.5, 0.6) is 0 Å². The smallest absolute Gasteiger partial charge is 0.185 e. The Hall–Kier alpha value is -0.650. The number of nitrogens with zero attached hydrogens (tertiary/aromatic N) is 3. The van der Waals surface area contributed by atoms with E-state index in [1.807, 2.05) is 6.20 Å². The lowest BCUT2D eigenvalue weighted by Gasteiger charge is -2.31.